The largest absolute Gasteiger partial charge is 0.488 e. The maximum absolute atomic E-state index is 12.5. The minimum Gasteiger partial charge on any atom is -0.488 e. The summed E-state index contributed by atoms with van der Waals surface area (Å²) in [5.74, 6) is 0.779. The van der Waals surface area contributed by atoms with E-state index >= 15 is 0 Å². The topological polar surface area (TPSA) is 38.3 Å². The van der Waals surface area contributed by atoms with Gasteiger partial charge in [0, 0.05) is 27.6 Å². The number of nitrogens with one attached hydrogen (secondary N) is 1. The lowest BCUT2D eigenvalue weighted by Gasteiger charge is -2.16. The quantitative estimate of drug-likeness (QED) is 0.726. The molecule has 1 aliphatic heterocycles. The minimum atomic E-state index is -0.0909. The summed E-state index contributed by atoms with van der Waals surface area (Å²) < 4.78 is 5.75. The Morgan fingerprint density at radius 3 is 2.83 bits per heavy atom. The molecule has 5 heteroatoms. The zero-order valence-electron chi connectivity index (χ0n) is 12.7. The van der Waals surface area contributed by atoms with Gasteiger partial charge in [0.2, 0.25) is 0 Å². The molecule has 0 saturated carbocycles. The number of fused-ring (bicyclic) bond motifs is 3. The third-order valence-corrected chi connectivity index (χ3v) is 5.52. The Bertz CT molecular complexity index is 919. The van der Waals surface area contributed by atoms with Gasteiger partial charge in [0.05, 0.1) is 4.88 Å². The Morgan fingerprint density at radius 2 is 1.96 bits per heavy atom. The molecule has 0 bridgehead atoms. The lowest BCUT2D eigenvalue weighted by molar-refractivity contribution is 0.0955. The molecule has 3 nitrogen and oxygen atoms in total. The molecule has 24 heavy (non-hydrogen) atoms. The van der Waals surface area contributed by atoms with E-state index in [1.807, 2.05) is 54.6 Å². The van der Waals surface area contributed by atoms with Crippen LogP contribution in [0, 0.1) is 0 Å². The molecule has 0 aliphatic carbocycles. The van der Waals surface area contributed by atoms with Crippen LogP contribution in [0.15, 0.2) is 54.6 Å². The minimum absolute atomic E-state index is 0.0909. The zero-order valence-corrected chi connectivity index (χ0v) is 14.3. The summed E-state index contributed by atoms with van der Waals surface area (Å²) in [5.41, 5.74) is 3.01. The molecular weight excluding hydrogens is 342 g/mol. The molecule has 2 aromatic carbocycles. The molecule has 0 radical (unpaired) electrons. The molecule has 0 atom stereocenters. The number of rotatable bonds is 3. The Kier molecular flexibility index (Phi) is 4.00. The number of halogens is 1. The summed E-state index contributed by atoms with van der Waals surface area (Å²) in [5, 5.41) is 3.59. The Balaban J connectivity index is 1.55. The molecule has 3 aromatic rings. The van der Waals surface area contributed by atoms with E-state index < -0.39 is 0 Å². The summed E-state index contributed by atoms with van der Waals surface area (Å²) in [4.78, 5) is 14.3. The van der Waals surface area contributed by atoms with Crippen LogP contribution in [0.25, 0.3) is 10.4 Å². The fraction of sp³-hybridized carbons (Fsp3) is 0.105. The molecule has 0 unspecified atom stereocenters. The number of para-hydroxylation sites is 1. The summed E-state index contributed by atoms with van der Waals surface area (Å²) in [6.07, 6.45) is 0. The first-order valence-electron chi connectivity index (χ1n) is 7.59. The molecule has 4 rings (SSSR count). The van der Waals surface area contributed by atoms with Crippen LogP contribution >= 0.6 is 22.9 Å². The highest BCUT2D eigenvalue weighted by molar-refractivity contribution is 7.17. The fourth-order valence-corrected chi connectivity index (χ4v) is 4.03. The predicted molar refractivity (Wildman–Crippen MR) is 96.7 cm³/mol. The molecule has 0 saturated heterocycles. The molecular formula is C19H14ClNO2S. The van der Waals surface area contributed by atoms with Gasteiger partial charge in [0.1, 0.15) is 12.4 Å². The van der Waals surface area contributed by atoms with E-state index in [2.05, 4.69) is 5.32 Å². The average molecular weight is 356 g/mol. The van der Waals surface area contributed by atoms with Crippen LogP contribution in [0.5, 0.6) is 5.75 Å². The van der Waals surface area contributed by atoms with Crippen LogP contribution in [0.3, 0.4) is 0 Å². The van der Waals surface area contributed by atoms with Crippen molar-refractivity contribution in [2.24, 2.45) is 0 Å². The maximum Gasteiger partial charge on any atom is 0.261 e. The monoisotopic (exact) mass is 355 g/mol. The molecule has 2 heterocycles. The number of hydrogen-bond acceptors (Lipinski definition) is 3. The van der Waals surface area contributed by atoms with E-state index in [1.165, 1.54) is 11.3 Å². The Labute approximate surface area is 148 Å². The second-order valence-corrected chi connectivity index (χ2v) is 6.98. The van der Waals surface area contributed by atoms with Crippen LogP contribution in [-0.4, -0.2) is 5.91 Å². The third kappa shape index (κ3) is 2.79. The fourth-order valence-electron chi connectivity index (χ4n) is 2.72. The van der Waals surface area contributed by atoms with E-state index in [0.717, 1.165) is 27.3 Å². The van der Waals surface area contributed by atoms with Crippen LogP contribution in [0.1, 0.15) is 20.8 Å². The van der Waals surface area contributed by atoms with E-state index in [0.29, 0.717) is 23.1 Å². The van der Waals surface area contributed by atoms with Gasteiger partial charge in [0.25, 0.3) is 5.91 Å². The van der Waals surface area contributed by atoms with Gasteiger partial charge in [-0.25, -0.2) is 0 Å². The van der Waals surface area contributed by atoms with Gasteiger partial charge in [-0.1, -0.05) is 41.9 Å². The molecule has 1 aromatic heterocycles. The summed E-state index contributed by atoms with van der Waals surface area (Å²) in [6, 6.07) is 17.3. The molecule has 1 N–H and O–H groups in total. The predicted octanol–water partition coefficient (Wildman–Crippen LogP) is 4.89. The standard InChI is InChI=1S/C19H14ClNO2S/c20-15-7-3-1-5-12(15)10-21-19(22)17-9-13-11-23-16-8-4-2-6-14(16)18(13)24-17/h1-9H,10-11H2,(H,21,22). The van der Waals surface area contributed by atoms with Crippen molar-refractivity contribution in [3.63, 3.8) is 0 Å². The summed E-state index contributed by atoms with van der Waals surface area (Å²) >= 11 is 7.63. The normalized spacial score (nSPS) is 12.0. The number of hydrogen-bond donors (Lipinski definition) is 1. The first-order valence-corrected chi connectivity index (χ1v) is 8.78. The van der Waals surface area contributed by atoms with Crippen molar-refractivity contribution in [2.45, 2.75) is 13.2 Å². The third-order valence-electron chi connectivity index (χ3n) is 3.94. The second kappa shape index (κ2) is 6.30. The van der Waals surface area contributed by atoms with Gasteiger partial charge in [-0.05, 0) is 29.8 Å². The number of ether oxygens (including phenoxy) is 1. The molecule has 0 fully saturated rings. The van der Waals surface area contributed by atoms with Gasteiger partial charge in [-0.3, -0.25) is 4.79 Å². The van der Waals surface area contributed by atoms with Gasteiger partial charge < -0.3 is 10.1 Å². The smallest absolute Gasteiger partial charge is 0.261 e. The first kappa shape index (κ1) is 15.2. The average Bonchev–Trinajstić information content (AvgIpc) is 3.05. The number of carbonyl (C=O) groups is 1. The van der Waals surface area contributed by atoms with Crippen LogP contribution in [-0.2, 0) is 13.2 Å². The van der Waals surface area contributed by atoms with Crippen molar-refractivity contribution < 1.29 is 9.53 Å². The van der Waals surface area contributed by atoms with Crippen molar-refractivity contribution in [3.8, 4) is 16.2 Å². The molecule has 1 amide bonds. The Hall–Kier alpha value is -2.30. The maximum atomic E-state index is 12.5. The van der Waals surface area contributed by atoms with Crippen molar-refractivity contribution in [1.82, 2.24) is 5.32 Å². The van der Waals surface area contributed by atoms with E-state index in [9.17, 15) is 4.79 Å². The van der Waals surface area contributed by atoms with E-state index in [-0.39, 0.29) is 5.91 Å². The summed E-state index contributed by atoms with van der Waals surface area (Å²) in [6.45, 7) is 0.912. The van der Waals surface area contributed by atoms with Crippen molar-refractivity contribution in [2.75, 3.05) is 0 Å². The molecule has 1 aliphatic rings. The van der Waals surface area contributed by atoms with Crippen LogP contribution in [0.2, 0.25) is 5.02 Å². The molecule has 120 valence electrons. The zero-order chi connectivity index (χ0) is 16.5. The lowest BCUT2D eigenvalue weighted by Crippen LogP contribution is -2.21. The highest BCUT2D eigenvalue weighted by Crippen LogP contribution is 2.42. The number of thiophene rings is 1. The molecule has 0 spiro atoms. The second-order valence-electron chi connectivity index (χ2n) is 5.52. The van der Waals surface area contributed by atoms with Crippen LogP contribution in [0.4, 0.5) is 0 Å². The van der Waals surface area contributed by atoms with Crippen LogP contribution < -0.4 is 10.1 Å². The highest BCUT2D eigenvalue weighted by Gasteiger charge is 2.22. The van der Waals surface area contributed by atoms with Crippen molar-refractivity contribution >= 4 is 28.8 Å². The van der Waals surface area contributed by atoms with E-state index in [1.54, 1.807) is 0 Å². The lowest BCUT2D eigenvalue weighted by atomic mass is 10.1. The number of carbonyl (C=O) groups excluding carboxylic acids is 1. The highest BCUT2D eigenvalue weighted by atomic mass is 35.5. The number of benzene rings is 2. The van der Waals surface area contributed by atoms with Gasteiger partial charge in [-0.2, -0.15) is 0 Å². The van der Waals surface area contributed by atoms with Gasteiger partial charge >= 0.3 is 0 Å². The van der Waals surface area contributed by atoms with Gasteiger partial charge in [-0.15, -0.1) is 11.3 Å². The summed E-state index contributed by atoms with van der Waals surface area (Å²) in [7, 11) is 0. The van der Waals surface area contributed by atoms with Crippen molar-refractivity contribution in [1.29, 1.82) is 0 Å². The Morgan fingerprint density at radius 1 is 1.17 bits per heavy atom. The van der Waals surface area contributed by atoms with E-state index in [4.69, 9.17) is 16.3 Å². The van der Waals surface area contributed by atoms with Crippen molar-refractivity contribution in [3.05, 3.63) is 75.6 Å². The number of amides is 1. The first-order chi connectivity index (χ1) is 11.7. The SMILES string of the molecule is O=C(NCc1ccccc1Cl)c1cc2c(s1)-c1ccccc1OC2. The van der Waals surface area contributed by atoms with Gasteiger partial charge in [0.15, 0.2) is 0 Å².